The van der Waals surface area contributed by atoms with Crippen LogP contribution in [0.25, 0.3) is 5.69 Å². The lowest BCUT2D eigenvalue weighted by Gasteiger charge is -2.40. The average Bonchev–Trinajstić information content (AvgIpc) is 3.44. The molecule has 1 saturated heterocycles. The van der Waals surface area contributed by atoms with Gasteiger partial charge in [-0.25, -0.2) is 13.9 Å². The molecule has 3 atom stereocenters. The number of aromatic nitrogens is 3. The number of methoxy groups -OCH3 is 1. The van der Waals surface area contributed by atoms with Crippen LogP contribution in [0.5, 0.6) is 0 Å². The second-order valence-electron chi connectivity index (χ2n) is 10.7. The lowest BCUT2D eigenvalue weighted by molar-refractivity contribution is -0.191. The van der Waals surface area contributed by atoms with Crippen molar-refractivity contribution in [1.82, 2.24) is 25.2 Å². The maximum Gasteiger partial charge on any atom is 0.373 e. The largest absolute Gasteiger partial charge is 0.478 e. The molecule has 0 aliphatic carbocycles. The van der Waals surface area contributed by atoms with Crippen molar-refractivity contribution in [2.24, 2.45) is 11.8 Å². The Morgan fingerprint density at radius 3 is 2.48 bits per heavy atom. The van der Waals surface area contributed by atoms with Crippen molar-refractivity contribution in [1.29, 1.82) is 0 Å². The molecule has 1 amide bonds. The number of aliphatic hydroxyl groups is 1. The van der Waals surface area contributed by atoms with E-state index in [9.17, 15) is 19.1 Å². The van der Waals surface area contributed by atoms with Crippen molar-refractivity contribution < 1.29 is 43.3 Å². The summed E-state index contributed by atoms with van der Waals surface area (Å²) < 4.78 is 26.8. The Morgan fingerprint density at radius 2 is 1.91 bits per heavy atom. The summed E-state index contributed by atoms with van der Waals surface area (Å²) in [4.78, 5) is 41.4. The van der Waals surface area contributed by atoms with E-state index in [1.807, 2.05) is 11.8 Å². The Labute approximate surface area is 270 Å². The van der Waals surface area contributed by atoms with E-state index >= 15 is 0 Å². The molecule has 1 unspecified atom stereocenters. The van der Waals surface area contributed by atoms with Crippen LogP contribution in [0.1, 0.15) is 63.6 Å². The van der Waals surface area contributed by atoms with E-state index in [4.69, 9.17) is 24.2 Å². The molecule has 1 aromatic heterocycles. The van der Waals surface area contributed by atoms with Gasteiger partial charge in [-0.3, -0.25) is 4.79 Å². The van der Waals surface area contributed by atoms with Gasteiger partial charge < -0.3 is 29.9 Å². The zero-order valence-corrected chi connectivity index (χ0v) is 26.5. The summed E-state index contributed by atoms with van der Waals surface area (Å²) >= 11 is 0. The number of aliphatic hydroxyl groups excluding tert-OH is 1. The van der Waals surface area contributed by atoms with Gasteiger partial charge in [0.15, 0.2) is 5.69 Å². The number of rotatable bonds is 15. The summed E-state index contributed by atoms with van der Waals surface area (Å²) in [6, 6.07) is 6.25. The molecular weight excluding hydrogens is 601 g/mol. The van der Waals surface area contributed by atoms with Crippen molar-refractivity contribution in [2.45, 2.75) is 66.0 Å². The maximum atomic E-state index is 14.7. The van der Waals surface area contributed by atoms with Crippen LogP contribution in [0.2, 0.25) is 0 Å². The molecule has 1 aliphatic rings. The number of amides is 1. The highest BCUT2D eigenvalue weighted by molar-refractivity contribution is 5.93. The zero-order valence-electron chi connectivity index (χ0n) is 26.5. The Hall–Kier alpha value is -3.81. The van der Waals surface area contributed by atoms with E-state index in [1.54, 1.807) is 25.3 Å². The quantitative estimate of drug-likeness (QED) is 0.191. The summed E-state index contributed by atoms with van der Waals surface area (Å²) in [5, 5.41) is 30.1. The first-order chi connectivity index (χ1) is 21.6. The average molecular weight is 652 g/mol. The highest BCUT2D eigenvalue weighted by Crippen LogP contribution is 2.25. The van der Waals surface area contributed by atoms with E-state index in [0.717, 1.165) is 18.9 Å². The second kappa shape index (κ2) is 23.5. The van der Waals surface area contributed by atoms with Crippen LogP contribution >= 0.6 is 0 Å². The number of para-hydroxylation sites is 1. The number of carboxylic acids is 1. The molecular formula is C32H50FN5O8. The Kier molecular flexibility index (Phi) is 21.6. The lowest BCUT2D eigenvalue weighted by atomic mass is 9.89. The summed E-state index contributed by atoms with van der Waals surface area (Å²) in [5.41, 5.74) is 1.11. The molecule has 13 nitrogen and oxygen atoms in total. The van der Waals surface area contributed by atoms with Gasteiger partial charge in [0.05, 0.1) is 18.4 Å². The second-order valence-corrected chi connectivity index (χ2v) is 10.7. The topological polar surface area (TPSA) is 173 Å². The summed E-state index contributed by atoms with van der Waals surface area (Å²) in [6.45, 7) is 12.3. The van der Waals surface area contributed by atoms with Gasteiger partial charge in [-0.2, -0.15) is 9.59 Å². The van der Waals surface area contributed by atoms with Crippen molar-refractivity contribution in [2.75, 3.05) is 46.6 Å². The number of ether oxygens (including phenoxy) is 2. The molecule has 1 aliphatic heterocycles. The Balaban J connectivity index is 0.00000201. The van der Waals surface area contributed by atoms with Crippen LogP contribution in [0.15, 0.2) is 36.9 Å². The van der Waals surface area contributed by atoms with E-state index in [2.05, 4.69) is 36.1 Å². The van der Waals surface area contributed by atoms with Crippen LogP contribution in [-0.4, -0.2) is 107 Å². The first-order valence-electron chi connectivity index (χ1n) is 14.9. The molecule has 14 heteroatoms. The predicted octanol–water partition coefficient (Wildman–Crippen LogP) is 3.16. The molecule has 0 radical (unpaired) electrons. The fourth-order valence-corrected chi connectivity index (χ4v) is 4.83. The highest BCUT2D eigenvalue weighted by atomic mass is 19.1. The van der Waals surface area contributed by atoms with Crippen molar-refractivity contribution in [3.8, 4) is 5.69 Å². The fourth-order valence-electron chi connectivity index (χ4n) is 4.83. The summed E-state index contributed by atoms with van der Waals surface area (Å²) in [7, 11) is 1.65. The summed E-state index contributed by atoms with van der Waals surface area (Å²) in [6.07, 6.45) is 3.19. The van der Waals surface area contributed by atoms with Crippen LogP contribution < -0.4 is 5.32 Å². The molecule has 1 fully saturated rings. The minimum atomic E-state index is -0.981. The number of nitrogens with zero attached hydrogens (tertiary/aromatic N) is 4. The van der Waals surface area contributed by atoms with Gasteiger partial charge in [0.1, 0.15) is 11.5 Å². The number of unbranched alkanes of at least 4 members (excludes halogenated alkanes) is 1. The van der Waals surface area contributed by atoms with Crippen LogP contribution in [0, 0.1) is 17.7 Å². The number of halogens is 1. The minimum Gasteiger partial charge on any atom is -0.478 e. The van der Waals surface area contributed by atoms with Gasteiger partial charge >= 0.3 is 12.1 Å². The molecule has 2 heterocycles. The smallest absolute Gasteiger partial charge is 0.373 e. The van der Waals surface area contributed by atoms with Crippen molar-refractivity contribution in [3.05, 3.63) is 54.1 Å². The van der Waals surface area contributed by atoms with E-state index < -0.39 is 17.9 Å². The molecule has 3 rings (SSSR count). The van der Waals surface area contributed by atoms with Gasteiger partial charge in [0.25, 0.3) is 5.91 Å². The first kappa shape index (κ1) is 42.2. The van der Waals surface area contributed by atoms with Gasteiger partial charge in [0, 0.05) is 58.0 Å². The first-order valence-corrected chi connectivity index (χ1v) is 14.9. The molecule has 0 bridgehead atoms. The predicted molar refractivity (Wildman–Crippen MR) is 169 cm³/mol. The maximum absolute atomic E-state index is 14.7. The molecule has 258 valence electrons. The Morgan fingerprint density at radius 1 is 1.26 bits per heavy atom. The monoisotopic (exact) mass is 651 g/mol. The molecule has 0 saturated carbocycles. The van der Waals surface area contributed by atoms with Gasteiger partial charge in [0.2, 0.25) is 0 Å². The number of carbonyl (C=O) groups is 2. The minimum absolute atomic E-state index is 0. The van der Waals surface area contributed by atoms with Crippen LogP contribution in [0.4, 0.5) is 4.39 Å². The van der Waals surface area contributed by atoms with Crippen LogP contribution in [-0.2, 0) is 30.3 Å². The molecule has 2 aromatic rings. The number of hydrogen-bond acceptors (Lipinski definition) is 10. The van der Waals surface area contributed by atoms with Crippen molar-refractivity contribution >= 4 is 18.0 Å². The number of carbonyl (C=O) groups excluding carboxylic acids is 3. The fraction of sp³-hybridized carbons (Fsp3) is 0.594. The molecule has 0 spiro atoms. The van der Waals surface area contributed by atoms with Gasteiger partial charge in [-0.05, 0) is 50.7 Å². The number of benzene rings is 1. The third kappa shape index (κ3) is 14.1. The number of hydrogen-bond donors (Lipinski definition) is 3. The third-order valence-corrected chi connectivity index (χ3v) is 6.89. The van der Waals surface area contributed by atoms with Gasteiger partial charge in [-0.1, -0.05) is 45.2 Å². The molecule has 46 heavy (non-hydrogen) atoms. The summed E-state index contributed by atoms with van der Waals surface area (Å²) in [5.74, 6) is -1.43. The Bertz CT molecular complexity index is 1220. The van der Waals surface area contributed by atoms with E-state index in [-0.39, 0.29) is 55.4 Å². The number of piperidine rings is 1. The lowest BCUT2D eigenvalue weighted by Crippen LogP contribution is -2.54. The molecule has 1 aromatic carbocycles. The third-order valence-electron chi connectivity index (χ3n) is 6.89. The number of nitrogens with one attached hydrogen (secondary N) is 1. The standard InChI is InChI=1S/C27H42FN5O4.C3H4O2.CO2.CH4/c1-5-37-18-25(34)20-14-21(16-29-15-20)32(17-19(2)3)27(35)26-24(12-8-9-13-36-4)33(31-30-26)23-11-7-6-10-22(23)28;1-2-3(4)5;2-1-3;/h6-7,10-11,19-21,25,29,34H,5,8-9,12-18H2,1-4H3;2H,1H2,(H,4,5);;1H4/t20-,21+,25?;;;/m1.../s1. The SMILES string of the molecule is C.C=CC(=O)O.CCOCC(O)[C@H]1CNC[C@@H](N(CC(C)C)C(=O)c2nnn(-c3ccccc3F)c2CCCCOC)C1.O=C=O. The molecule has 3 N–H and O–H groups in total. The number of aliphatic carboxylic acids is 1. The zero-order chi connectivity index (χ0) is 33.8. The number of carboxylic acid groups (broad SMARTS) is 1. The normalized spacial score (nSPS) is 16.0. The van der Waals surface area contributed by atoms with Gasteiger partial charge in [-0.15, -0.1) is 5.10 Å². The highest BCUT2D eigenvalue weighted by Gasteiger charge is 2.35. The van der Waals surface area contributed by atoms with Crippen LogP contribution in [0.3, 0.4) is 0 Å². The van der Waals surface area contributed by atoms with Crippen molar-refractivity contribution in [3.63, 3.8) is 0 Å². The van der Waals surface area contributed by atoms with E-state index in [1.165, 1.54) is 10.7 Å². The van der Waals surface area contributed by atoms with E-state index in [0.29, 0.717) is 51.4 Å².